The van der Waals surface area contributed by atoms with Crippen LogP contribution in [0.1, 0.15) is 32.0 Å². The van der Waals surface area contributed by atoms with E-state index in [-0.39, 0.29) is 17.6 Å². The van der Waals surface area contributed by atoms with Crippen molar-refractivity contribution >= 4 is 23.2 Å². The second-order valence-electron chi connectivity index (χ2n) is 6.67. The number of carbonyl (C=O) groups is 2. The van der Waals surface area contributed by atoms with Gasteiger partial charge in [0, 0.05) is 34.7 Å². The fraction of sp³-hybridized carbons (Fsp3) is 0.182. The van der Waals surface area contributed by atoms with Crippen LogP contribution in [0, 0.1) is 0 Å². The van der Waals surface area contributed by atoms with Crippen molar-refractivity contribution < 1.29 is 19.4 Å². The van der Waals surface area contributed by atoms with Crippen molar-refractivity contribution in [3.63, 3.8) is 0 Å². The molecule has 3 N–H and O–H groups in total. The largest absolute Gasteiger partial charge is 0.508 e. The van der Waals surface area contributed by atoms with E-state index in [1.54, 1.807) is 12.1 Å². The van der Waals surface area contributed by atoms with E-state index in [1.165, 1.54) is 23.5 Å². The van der Waals surface area contributed by atoms with Crippen molar-refractivity contribution in [2.75, 3.05) is 13.1 Å². The predicted octanol–water partition coefficient (Wildman–Crippen LogP) is 3.56. The van der Waals surface area contributed by atoms with E-state index < -0.39 is 0 Å². The van der Waals surface area contributed by atoms with E-state index in [2.05, 4.69) is 10.6 Å². The maximum absolute atomic E-state index is 12.5. The van der Waals surface area contributed by atoms with E-state index in [0.29, 0.717) is 36.6 Å². The number of aromatic hydroxyl groups is 1. The molecule has 2 aromatic carbocycles. The van der Waals surface area contributed by atoms with E-state index >= 15 is 0 Å². The first-order valence-corrected chi connectivity index (χ1v) is 10.1. The summed E-state index contributed by atoms with van der Waals surface area (Å²) in [5.41, 5.74) is 2.45. The minimum atomic E-state index is -0.253. The zero-order valence-electron chi connectivity index (χ0n) is 15.6. The van der Waals surface area contributed by atoms with Crippen LogP contribution >= 0.6 is 11.3 Å². The molecule has 0 radical (unpaired) electrons. The molecule has 0 aliphatic carbocycles. The molecule has 1 aromatic heterocycles. The van der Waals surface area contributed by atoms with Gasteiger partial charge >= 0.3 is 0 Å². The molecule has 0 saturated heterocycles. The number of phenols is 1. The average Bonchev–Trinajstić information content (AvgIpc) is 3.18. The van der Waals surface area contributed by atoms with Crippen molar-refractivity contribution in [3.05, 3.63) is 70.6 Å². The Morgan fingerprint density at radius 1 is 1.00 bits per heavy atom. The van der Waals surface area contributed by atoms with E-state index in [1.807, 2.05) is 30.3 Å². The summed E-state index contributed by atoms with van der Waals surface area (Å²) in [6.45, 7) is 1.35. The molecule has 1 aliphatic rings. The van der Waals surface area contributed by atoms with Crippen molar-refractivity contribution in [1.82, 2.24) is 10.6 Å². The Morgan fingerprint density at radius 3 is 2.62 bits per heavy atom. The third kappa shape index (κ3) is 4.25. The number of fused-ring (bicyclic) bond motifs is 3. The molecule has 2 amide bonds. The molecule has 0 spiro atoms. The second-order valence-corrected chi connectivity index (χ2v) is 7.72. The molecule has 6 nitrogen and oxygen atoms in total. The van der Waals surface area contributed by atoms with Gasteiger partial charge in [0.25, 0.3) is 11.8 Å². The van der Waals surface area contributed by atoms with Crippen LogP contribution in [0.3, 0.4) is 0 Å². The Morgan fingerprint density at radius 2 is 1.79 bits per heavy atom. The summed E-state index contributed by atoms with van der Waals surface area (Å²) < 4.78 is 5.74. The molecule has 3 aromatic rings. The molecule has 1 aliphatic heterocycles. The van der Waals surface area contributed by atoms with Gasteiger partial charge in [-0.05, 0) is 42.8 Å². The fourth-order valence-electron chi connectivity index (χ4n) is 3.14. The standard InChI is InChI=1S/C22H20N2O4S/c25-16-6-3-5-14(11-16)21(26)23-9-4-10-24-22(27)19-12-15-13-28-18-8-2-1-7-17(18)20(15)29-19/h1-3,5-8,11-12,25H,4,9-10,13H2,(H,23,26)(H,24,27). The highest BCUT2D eigenvalue weighted by Crippen LogP contribution is 2.42. The molecule has 29 heavy (non-hydrogen) atoms. The van der Waals surface area contributed by atoms with Gasteiger partial charge in [0.1, 0.15) is 18.1 Å². The van der Waals surface area contributed by atoms with E-state index in [0.717, 1.165) is 21.8 Å². The summed E-state index contributed by atoms with van der Waals surface area (Å²) in [6.07, 6.45) is 0.604. The zero-order chi connectivity index (χ0) is 20.2. The number of benzene rings is 2. The van der Waals surface area contributed by atoms with Gasteiger partial charge in [-0.3, -0.25) is 9.59 Å². The Hall–Kier alpha value is -3.32. The van der Waals surface area contributed by atoms with E-state index in [9.17, 15) is 14.7 Å². The van der Waals surface area contributed by atoms with Crippen LogP contribution in [-0.4, -0.2) is 30.0 Å². The normalized spacial score (nSPS) is 11.7. The lowest BCUT2D eigenvalue weighted by Gasteiger charge is -2.16. The Labute approximate surface area is 172 Å². The number of hydrogen-bond donors (Lipinski definition) is 3. The Bertz CT molecular complexity index is 1060. The molecule has 7 heteroatoms. The van der Waals surface area contributed by atoms with E-state index in [4.69, 9.17) is 4.74 Å². The maximum Gasteiger partial charge on any atom is 0.261 e. The molecule has 0 bridgehead atoms. The first kappa shape index (κ1) is 19.0. The number of hydrogen-bond acceptors (Lipinski definition) is 5. The molecular formula is C22H20N2O4S. The molecule has 0 fully saturated rings. The van der Waals surface area contributed by atoms with Gasteiger partial charge in [0.05, 0.1) is 4.88 Å². The molecule has 0 unspecified atom stereocenters. The minimum Gasteiger partial charge on any atom is -0.508 e. The van der Waals surface area contributed by atoms with Crippen LogP contribution in [0.25, 0.3) is 10.4 Å². The van der Waals surface area contributed by atoms with Crippen LogP contribution in [0.15, 0.2) is 54.6 Å². The smallest absolute Gasteiger partial charge is 0.261 e. The quantitative estimate of drug-likeness (QED) is 0.544. The highest BCUT2D eigenvalue weighted by molar-refractivity contribution is 7.17. The highest BCUT2D eigenvalue weighted by atomic mass is 32.1. The van der Waals surface area contributed by atoms with Gasteiger partial charge in [-0.1, -0.05) is 18.2 Å². The van der Waals surface area contributed by atoms with Gasteiger partial charge in [0.15, 0.2) is 0 Å². The summed E-state index contributed by atoms with van der Waals surface area (Å²) in [7, 11) is 0. The van der Waals surface area contributed by atoms with Crippen molar-refractivity contribution in [2.24, 2.45) is 0 Å². The molecule has 4 rings (SSSR count). The number of para-hydroxylation sites is 1. The fourth-order valence-corrected chi connectivity index (χ4v) is 4.25. The topological polar surface area (TPSA) is 87.7 Å². The number of carbonyl (C=O) groups excluding carboxylic acids is 2. The van der Waals surface area contributed by atoms with Crippen LogP contribution in [0.5, 0.6) is 11.5 Å². The average molecular weight is 408 g/mol. The van der Waals surface area contributed by atoms with Crippen molar-refractivity contribution in [1.29, 1.82) is 0 Å². The number of rotatable bonds is 6. The minimum absolute atomic E-state index is 0.0524. The van der Waals surface area contributed by atoms with Crippen LogP contribution < -0.4 is 15.4 Å². The van der Waals surface area contributed by atoms with Crippen molar-refractivity contribution in [2.45, 2.75) is 13.0 Å². The maximum atomic E-state index is 12.5. The monoisotopic (exact) mass is 408 g/mol. The summed E-state index contributed by atoms with van der Waals surface area (Å²) in [5.74, 6) is 0.519. The van der Waals surface area contributed by atoms with Gasteiger partial charge in [-0.25, -0.2) is 0 Å². The number of thiophene rings is 1. The molecule has 0 atom stereocenters. The van der Waals surface area contributed by atoms with Crippen LogP contribution in [0.2, 0.25) is 0 Å². The third-order valence-corrected chi connectivity index (χ3v) is 5.79. The molecule has 148 valence electrons. The summed E-state index contributed by atoms with van der Waals surface area (Å²) in [5, 5.41) is 15.1. The van der Waals surface area contributed by atoms with Crippen LogP contribution in [0.4, 0.5) is 0 Å². The zero-order valence-corrected chi connectivity index (χ0v) is 16.4. The SMILES string of the molecule is O=C(NCCCNC(=O)c1cc2c(s1)-c1ccccc1OC2)c1cccc(O)c1. The number of amides is 2. The predicted molar refractivity (Wildman–Crippen MR) is 111 cm³/mol. The Balaban J connectivity index is 1.27. The molecular weight excluding hydrogens is 388 g/mol. The summed E-state index contributed by atoms with van der Waals surface area (Å²) >= 11 is 1.47. The molecule has 0 saturated carbocycles. The first-order chi connectivity index (χ1) is 14.1. The van der Waals surface area contributed by atoms with Gasteiger partial charge in [0.2, 0.25) is 0 Å². The summed E-state index contributed by atoms with van der Waals surface area (Å²) in [4.78, 5) is 26.2. The number of phenolic OH excluding ortho intramolecular Hbond substituents is 1. The van der Waals surface area contributed by atoms with Gasteiger partial charge in [-0.15, -0.1) is 11.3 Å². The number of ether oxygens (including phenoxy) is 1. The van der Waals surface area contributed by atoms with Crippen LogP contribution in [-0.2, 0) is 6.61 Å². The summed E-state index contributed by atoms with van der Waals surface area (Å²) in [6, 6.07) is 15.9. The lowest BCUT2D eigenvalue weighted by Crippen LogP contribution is -2.29. The third-order valence-electron chi connectivity index (χ3n) is 4.58. The lowest BCUT2D eigenvalue weighted by atomic mass is 10.1. The number of nitrogens with one attached hydrogen (secondary N) is 2. The second kappa shape index (κ2) is 8.36. The lowest BCUT2D eigenvalue weighted by molar-refractivity contribution is 0.0952. The van der Waals surface area contributed by atoms with Crippen molar-refractivity contribution in [3.8, 4) is 21.9 Å². The Kier molecular flexibility index (Phi) is 5.48. The van der Waals surface area contributed by atoms with Gasteiger partial charge < -0.3 is 20.5 Å². The molecule has 2 heterocycles. The van der Waals surface area contributed by atoms with Gasteiger partial charge in [-0.2, -0.15) is 0 Å². The highest BCUT2D eigenvalue weighted by Gasteiger charge is 2.22. The first-order valence-electron chi connectivity index (χ1n) is 9.32.